The lowest BCUT2D eigenvalue weighted by molar-refractivity contribution is -0.130. The molecule has 1 rings (SSSR count). The van der Waals surface area contributed by atoms with Gasteiger partial charge in [0.1, 0.15) is 22.6 Å². The standard InChI is InChI=1S/C13H17F2NO5S/c1-3-20-6-7-21-9(2)13(17)16-22(18,19)12-5-4-10(14)8-11(12)15/h4-5,8-9H,3,6-7H2,1-2H3,(H,16,17)/t9-/m1/s1. The van der Waals surface area contributed by atoms with Crippen molar-refractivity contribution in [2.45, 2.75) is 24.8 Å². The number of rotatable bonds is 8. The summed E-state index contributed by atoms with van der Waals surface area (Å²) >= 11 is 0. The van der Waals surface area contributed by atoms with Crippen molar-refractivity contribution in [3.05, 3.63) is 29.8 Å². The monoisotopic (exact) mass is 337 g/mol. The molecule has 9 heteroatoms. The average Bonchev–Trinajstić information content (AvgIpc) is 2.42. The predicted octanol–water partition coefficient (Wildman–Crippen LogP) is 1.21. The van der Waals surface area contributed by atoms with Gasteiger partial charge in [0.25, 0.3) is 15.9 Å². The highest BCUT2D eigenvalue weighted by molar-refractivity contribution is 7.90. The summed E-state index contributed by atoms with van der Waals surface area (Å²) in [4.78, 5) is 10.9. The lowest BCUT2D eigenvalue weighted by Gasteiger charge is -2.14. The van der Waals surface area contributed by atoms with E-state index in [-0.39, 0.29) is 13.2 Å². The topological polar surface area (TPSA) is 81.7 Å². The van der Waals surface area contributed by atoms with Crippen LogP contribution in [0.4, 0.5) is 8.78 Å². The molecule has 1 aromatic rings. The highest BCUT2D eigenvalue weighted by Gasteiger charge is 2.25. The molecule has 0 heterocycles. The van der Waals surface area contributed by atoms with Crippen molar-refractivity contribution in [1.29, 1.82) is 0 Å². The summed E-state index contributed by atoms with van der Waals surface area (Å²) in [6, 6.07) is 1.94. The summed E-state index contributed by atoms with van der Waals surface area (Å²) in [7, 11) is -4.44. The van der Waals surface area contributed by atoms with E-state index in [1.165, 1.54) is 6.92 Å². The maximum absolute atomic E-state index is 13.5. The highest BCUT2D eigenvalue weighted by atomic mass is 32.2. The Kier molecular flexibility index (Phi) is 6.85. The largest absolute Gasteiger partial charge is 0.379 e. The fourth-order valence-corrected chi connectivity index (χ4v) is 2.57. The summed E-state index contributed by atoms with van der Waals surface area (Å²) in [5.41, 5.74) is 0. The van der Waals surface area contributed by atoms with E-state index in [0.29, 0.717) is 12.7 Å². The molecular weight excluding hydrogens is 320 g/mol. The third kappa shape index (κ3) is 5.32. The van der Waals surface area contributed by atoms with Crippen molar-refractivity contribution in [2.75, 3.05) is 19.8 Å². The van der Waals surface area contributed by atoms with E-state index in [4.69, 9.17) is 9.47 Å². The first-order valence-corrected chi connectivity index (χ1v) is 7.97. The van der Waals surface area contributed by atoms with Crippen LogP contribution in [0.15, 0.2) is 23.1 Å². The van der Waals surface area contributed by atoms with E-state index in [1.54, 1.807) is 11.6 Å². The van der Waals surface area contributed by atoms with Gasteiger partial charge >= 0.3 is 0 Å². The molecule has 0 unspecified atom stereocenters. The van der Waals surface area contributed by atoms with Crippen molar-refractivity contribution in [3.63, 3.8) is 0 Å². The van der Waals surface area contributed by atoms with Crippen LogP contribution in [0.2, 0.25) is 0 Å². The summed E-state index contributed by atoms with van der Waals surface area (Å²) < 4.78 is 61.8. The smallest absolute Gasteiger partial charge is 0.267 e. The highest BCUT2D eigenvalue weighted by Crippen LogP contribution is 2.15. The molecule has 0 aliphatic heterocycles. The number of nitrogens with one attached hydrogen (secondary N) is 1. The third-order valence-corrected chi connectivity index (χ3v) is 3.97. The Morgan fingerprint density at radius 2 is 2.00 bits per heavy atom. The molecule has 1 N–H and O–H groups in total. The van der Waals surface area contributed by atoms with Crippen LogP contribution < -0.4 is 4.72 Å². The van der Waals surface area contributed by atoms with Gasteiger partial charge < -0.3 is 9.47 Å². The van der Waals surface area contributed by atoms with E-state index in [2.05, 4.69) is 0 Å². The van der Waals surface area contributed by atoms with Gasteiger partial charge in [-0.05, 0) is 26.0 Å². The van der Waals surface area contributed by atoms with Gasteiger partial charge in [-0.2, -0.15) is 0 Å². The summed E-state index contributed by atoms with van der Waals surface area (Å²) in [6.45, 7) is 3.99. The van der Waals surface area contributed by atoms with Crippen LogP contribution in [-0.2, 0) is 24.3 Å². The van der Waals surface area contributed by atoms with Crippen LogP contribution in [0.3, 0.4) is 0 Å². The first-order valence-electron chi connectivity index (χ1n) is 6.49. The van der Waals surface area contributed by atoms with Gasteiger partial charge in [-0.3, -0.25) is 4.79 Å². The van der Waals surface area contributed by atoms with Gasteiger partial charge in [-0.1, -0.05) is 0 Å². The minimum absolute atomic E-state index is 0.105. The number of benzene rings is 1. The lowest BCUT2D eigenvalue weighted by atomic mass is 10.3. The fourth-order valence-electron chi connectivity index (χ4n) is 1.47. The number of carbonyl (C=O) groups is 1. The molecule has 0 aliphatic rings. The Morgan fingerprint density at radius 3 is 2.59 bits per heavy atom. The molecule has 0 saturated heterocycles. The van der Waals surface area contributed by atoms with Crippen LogP contribution in [0.5, 0.6) is 0 Å². The second-order valence-electron chi connectivity index (χ2n) is 4.25. The normalized spacial score (nSPS) is 12.9. The summed E-state index contributed by atoms with van der Waals surface area (Å²) in [5, 5.41) is 0. The number of ether oxygens (including phenoxy) is 2. The Morgan fingerprint density at radius 1 is 1.32 bits per heavy atom. The number of carbonyl (C=O) groups excluding carboxylic acids is 1. The predicted molar refractivity (Wildman–Crippen MR) is 73.6 cm³/mol. The molecule has 1 aromatic carbocycles. The van der Waals surface area contributed by atoms with Crippen LogP contribution in [-0.4, -0.2) is 40.2 Å². The number of hydrogen-bond acceptors (Lipinski definition) is 5. The van der Waals surface area contributed by atoms with Crippen molar-refractivity contribution in [3.8, 4) is 0 Å². The van der Waals surface area contributed by atoms with Gasteiger partial charge in [0.15, 0.2) is 0 Å². The molecule has 22 heavy (non-hydrogen) atoms. The zero-order valence-corrected chi connectivity index (χ0v) is 13.0. The van der Waals surface area contributed by atoms with Gasteiger partial charge in [0, 0.05) is 12.7 Å². The Bertz CT molecular complexity index is 621. The quantitative estimate of drug-likeness (QED) is 0.721. The molecule has 6 nitrogen and oxygen atoms in total. The second-order valence-corrected chi connectivity index (χ2v) is 5.91. The van der Waals surface area contributed by atoms with Crippen molar-refractivity contribution < 1.29 is 31.5 Å². The lowest BCUT2D eigenvalue weighted by Crippen LogP contribution is -2.39. The molecule has 0 fully saturated rings. The minimum Gasteiger partial charge on any atom is -0.379 e. The molecule has 1 amide bonds. The Balaban J connectivity index is 2.69. The van der Waals surface area contributed by atoms with Crippen LogP contribution in [0, 0.1) is 11.6 Å². The fraction of sp³-hybridized carbons (Fsp3) is 0.462. The molecule has 0 spiro atoms. The van der Waals surface area contributed by atoms with E-state index in [0.717, 1.165) is 12.1 Å². The Labute approximate surface area is 127 Å². The molecule has 124 valence electrons. The number of halogens is 2. The zero-order valence-electron chi connectivity index (χ0n) is 12.1. The third-order valence-electron chi connectivity index (χ3n) is 2.59. The molecular formula is C13H17F2NO5S. The van der Waals surface area contributed by atoms with E-state index in [1.807, 2.05) is 0 Å². The molecule has 1 atom stereocenters. The van der Waals surface area contributed by atoms with Crippen molar-refractivity contribution >= 4 is 15.9 Å². The summed E-state index contributed by atoms with van der Waals surface area (Å²) in [5.74, 6) is -3.17. The minimum atomic E-state index is -4.44. The number of sulfonamides is 1. The molecule has 0 bridgehead atoms. The van der Waals surface area contributed by atoms with E-state index >= 15 is 0 Å². The van der Waals surface area contributed by atoms with Gasteiger partial charge in [-0.15, -0.1) is 0 Å². The first kappa shape index (κ1) is 18.5. The van der Waals surface area contributed by atoms with Crippen molar-refractivity contribution in [2.24, 2.45) is 0 Å². The molecule has 0 aromatic heterocycles. The maximum atomic E-state index is 13.5. The van der Waals surface area contributed by atoms with Gasteiger partial charge in [0.05, 0.1) is 13.2 Å². The van der Waals surface area contributed by atoms with Gasteiger partial charge in [-0.25, -0.2) is 21.9 Å². The van der Waals surface area contributed by atoms with Crippen LogP contribution in [0.1, 0.15) is 13.8 Å². The average molecular weight is 337 g/mol. The maximum Gasteiger partial charge on any atom is 0.267 e. The summed E-state index contributed by atoms with van der Waals surface area (Å²) in [6.07, 6.45) is -1.07. The molecule has 0 radical (unpaired) electrons. The van der Waals surface area contributed by atoms with E-state index in [9.17, 15) is 22.0 Å². The number of amides is 1. The molecule has 0 saturated carbocycles. The van der Waals surface area contributed by atoms with E-state index < -0.39 is 38.6 Å². The number of hydrogen-bond donors (Lipinski definition) is 1. The Hall–Kier alpha value is -1.58. The first-order chi connectivity index (χ1) is 10.3. The zero-order chi connectivity index (χ0) is 16.8. The second kappa shape index (κ2) is 8.16. The van der Waals surface area contributed by atoms with Gasteiger partial charge in [0.2, 0.25) is 0 Å². The molecule has 0 aliphatic carbocycles. The van der Waals surface area contributed by atoms with Crippen LogP contribution >= 0.6 is 0 Å². The van der Waals surface area contributed by atoms with Crippen LogP contribution in [0.25, 0.3) is 0 Å². The van der Waals surface area contributed by atoms with Crippen molar-refractivity contribution in [1.82, 2.24) is 4.72 Å². The SMILES string of the molecule is CCOCCO[C@H](C)C(=O)NS(=O)(=O)c1ccc(F)cc1F.